The van der Waals surface area contributed by atoms with Crippen LogP contribution in [0, 0.1) is 6.92 Å². The smallest absolute Gasteiger partial charge is 0.191 e. The highest BCUT2D eigenvalue weighted by atomic mass is 127. The molecule has 1 aromatic carbocycles. The van der Waals surface area contributed by atoms with Crippen molar-refractivity contribution in [2.45, 2.75) is 33.7 Å². The summed E-state index contributed by atoms with van der Waals surface area (Å²) in [6.45, 7) is 10.8. The molecule has 0 aliphatic carbocycles. The number of anilines is 1. The predicted molar refractivity (Wildman–Crippen MR) is 124 cm³/mol. The fourth-order valence-corrected chi connectivity index (χ4v) is 3.26. The van der Waals surface area contributed by atoms with Gasteiger partial charge in [0.15, 0.2) is 5.96 Å². The molecule has 0 fully saturated rings. The third-order valence-corrected chi connectivity index (χ3v) is 4.89. The number of benzene rings is 1. The quantitative estimate of drug-likeness (QED) is 0.243. The third kappa shape index (κ3) is 7.49. The molecule has 0 saturated heterocycles. The summed E-state index contributed by atoms with van der Waals surface area (Å²) in [6.07, 6.45) is 1.06. The van der Waals surface area contributed by atoms with Crippen molar-refractivity contribution in [3.05, 3.63) is 46.4 Å². The second kappa shape index (κ2) is 12.9. The van der Waals surface area contributed by atoms with Gasteiger partial charge in [0.25, 0.3) is 0 Å². The van der Waals surface area contributed by atoms with E-state index in [2.05, 4.69) is 69.7 Å². The Bertz CT molecular complexity index is 644. The Morgan fingerprint density at radius 2 is 1.96 bits per heavy atom. The standard InChI is InChI=1S/C19H29N5S.HI/c1-4-20-19(22-14-18-16(3)23-15-25-18)21-12-9-13-24(5-2)17-10-7-6-8-11-17;/h6-8,10-11,15H,4-5,9,12-14H2,1-3H3,(H2,20,21,22);1H. The van der Waals surface area contributed by atoms with Crippen LogP contribution in [0.1, 0.15) is 30.8 Å². The van der Waals surface area contributed by atoms with Crippen LogP contribution in [0.3, 0.4) is 0 Å². The average molecular weight is 487 g/mol. The molecule has 2 rings (SSSR count). The minimum absolute atomic E-state index is 0. The van der Waals surface area contributed by atoms with Crippen molar-refractivity contribution in [3.63, 3.8) is 0 Å². The number of aryl methyl sites for hydroxylation is 1. The van der Waals surface area contributed by atoms with Crippen LogP contribution < -0.4 is 15.5 Å². The van der Waals surface area contributed by atoms with Crippen molar-refractivity contribution in [1.82, 2.24) is 15.6 Å². The molecule has 0 unspecified atom stereocenters. The van der Waals surface area contributed by atoms with Crippen molar-refractivity contribution in [1.29, 1.82) is 0 Å². The first-order valence-corrected chi connectivity index (χ1v) is 9.83. The summed E-state index contributed by atoms with van der Waals surface area (Å²) in [7, 11) is 0. The maximum Gasteiger partial charge on any atom is 0.191 e. The molecule has 0 bridgehead atoms. The molecule has 0 aliphatic rings. The van der Waals surface area contributed by atoms with Gasteiger partial charge >= 0.3 is 0 Å². The van der Waals surface area contributed by atoms with E-state index in [-0.39, 0.29) is 24.0 Å². The van der Waals surface area contributed by atoms with Crippen molar-refractivity contribution in [2.75, 3.05) is 31.1 Å². The Morgan fingerprint density at radius 1 is 1.19 bits per heavy atom. The van der Waals surface area contributed by atoms with Gasteiger partial charge in [0, 0.05) is 36.7 Å². The molecular weight excluding hydrogens is 457 g/mol. The van der Waals surface area contributed by atoms with Crippen molar-refractivity contribution in [3.8, 4) is 0 Å². The minimum atomic E-state index is 0. The molecule has 1 heterocycles. The van der Waals surface area contributed by atoms with Gasteiger partial charge in [-0.05, 0) is 39.3 Å². The second-order valence-electron chi connectivity index (χ2n) is 5.75. The number of rotatable bonds is 9. The SMILES string of the molecule is CCNC(=NCc1scnc1C)NCCCN(CC)c1ccccc1.I. The van der Waals surface area contributed by atoms with E-state index in [1.807, 2.05) is 12.4 Å². The lowest BCUT2D eigenvalue weighted by atomic mass is 10.2. The lowest BCUT2D eigenvalue weighted by molar-refractivity contribution is 0.709. The number of halogens is 1. The van der Waals surface area contributed by atoms with Gasteiger partial charge in [-0.1, -0.05) is 18.2 Å². The molecule has 0 radical (unpaired) electrons. The fraction of sp³-hybridized carbons (Fsp3) is 0.474. The zero-order valence-corrected chi connectivity index (χ0v) is 19.0. The number of hydrogen-bond acceptors (Lipinski definition) is 4. The summed E-state index contributed by atoms with van der Waals surface area (Å²) in [6, 6.07) is 10.6. The maximum absolute atomic E-state index is 4.66. The second-order valence-corrected chi connectivity index (χ2v) is 6.69. The van der Waals surface area contributed by atoms with Crippen molar-refractivity contribution in [2.24, 2.45) is 4.99 Å². The van der Waals surface area contributed by atoms with Gasteiger partial charge < -0.3 is 15.5 Å². The summed E-state index contributed by atoms with van der Waals surface area (Å²) in [4.78, 5) is 12.6. The lowest BCUT2D eigenvalue weighted by Gasteiger charge is -2.23. The van der Waals surface area contributed by atoms with E-state index in [1.165, 1.54) is 10.6 Å². The van der Waals surface area contributed by atoms with Gasteiger partial charge in [-0.2, -0.15) is 0 Å². The van der Waals surface area contributed by atoms with Gasteiger partial charge in [0.1, 0.15) is 0 Å². The number of guanidine groups is 1. The van der Waals surface area contributed by atoms with E-state index in [0.717, 1.165) is 44.3 Å². The normalized spacial score (nSPS) is 11.0. The number of nitrogens with one attached hydrogen (secondary N) is 2. The van der Waals surface area contributed by atoms with Crippen LogP contribution in [0.4, 0.5) is 5.69 Å². The van der Waals surface area contributed by atoms with Crippen LogP contribution >= 0.6 is 35.3 Å². The summed E-state index contributed by atoms with van der Waals surface area (Å²) in [5, 5.41) is 6.74. The molecule has 144 valence electrons. The summed E-state index contributed by atoms with van der Waals surface area (Å²) >= 11 is 1.66. The van der Waals surface area contributed by atoms with Gasteiger partial charge in [-0.15, -0.1) is 35.3 Å². The zero-order chi connectivity index (χ0) is 17.9. The van der Waals surface area contributed by atoms with Gasteiger partial charge in [0.05, 0.1) is 17.7 Å². The third-order valence-electron chi connectivity index (χ3n) is 3.97. The fourth-order valence-electron chi connectivity index (χ4n) is 2.56. The average Bonchev–Trinajstić information content (AvgIpc) is 3.05. The monoisotopic (exact) mass is 487 g/mol. The van der Waals surface area contributed by atoms with Crippen LogP contribution in [0.25, 0.3) is 0 Å². The molecule has 26 heavy (non-hydrogen) atoms. The highest BCUT2D eigenvalue weighted by Gasteiger charge is 2.04. The summed E-state index contributed by atoms with van der Waals surface area (Å²) in [5.41, 5.74) is 4.24. The minimum Gasteiger partial charge on any atom is -0.372 e. The van der Waals surface area contributed by atoms with E-state index in [1.54, 1.807) is 11.3 Å². The predicted octanol–water partition coefficient (Wildman–Crippen LogP) is 4.04. The van der Waals surface area contributed by atoms with E-state index < -0.39 is 0 Å². The largest absolute Gasteiger partial charge is 0.372 e. The maximum atomic E-state index is 4.66. The molecule has 0 spiro atoms. The van der Waals surface area contributed by atoms with E-state index in [9.17, 15) is 0 Å². The molecule has 2 N–H and O–H groups in total. The number of para-hydroxylation sites is 1. The van der Waals surface area contributed by atoms with Gasteiger partial charge in [-0.3, -0.25) is 0 Å². The van der Waals surface area contributed by atoms with Crippen LogP contribution in [0.15, 0.2) is 40.8 Å². The first-order chi connectivity index (χ1) is 12.2. The molecule has 2 aromatic rings. The Balaban J connectivity index is 0.00000338. The Kier molecular flexibility index (Phi) is 11.3. The number of nitrogens with zero attached hydrogens (tertiary/aromatic N) is 3. The number of aromatic nitrogens is 1. The highest BCUT2D eigenvalue weighted by molar-refractivity contribution is 14.0. The molecular formula is C19H30IN5S. The Labute approximate surface area is 178 Å². The highest BCUT2D eigenvalue weighted by Crippen LogP contribution is 2.13. The van der Waals surface area contributed by atoms with Crippen LogP contribution in [-0.2, 0) is 6.54 Å². The lowest BCUT2D eigenvalue weighted by Crippen LogP contribution is -2.38. The summed E-state index contributed by atoms with van der Waals surface area (Å²) < 4.78 is 0. The first kappa shape index (κ1) is 22.7. The summed E-state index contributed by atoms with van der Waals surface area (Å²) in [5.74, 6) is 0.873. The molecule has 0 saturated carbocycles. The van der Waals surface area contributed by atoms with Gasteiger partial charge in [0.2, 0.25) is 0 Å². The Hall–Kier alpha value is -1.35. The number of thiazole rings is 1. The van der Waals surface area contributed by atoms with Crippen molar-refractivity contribution < 1.29 is 0 Å². The van der Waals surface area contributed by atoms with E-state index in [0.29, 0.717) is 6.54 Å². The molecule has 0 amide bonds. The van der Waals surface area contributed by atoms with Gasteiger partial charge in [-0.25, -0.2) is 9.98 Å². The van der Waals surface area contributed by atoms with Crippen LogP contribution in [0.5, 0.6) is 0 Å². The van der Waals surface area contributed by atoms with E-state index >= 15 is 0 Å². The molecule has 5 nitrogen and oxygen atoms in total. The molecule has 7 heteroatoms. The zero-order valence-electron chi connectivity index (χ0n) is 15.9. The van der Waals surface area contributed by atoms with Crippen LogP contribution in [0.2, 0.25) is 0 Å². The molecule has 0 aliphatic heterocycles. The molecule has 1 aromatic heterocycles. The van der Waals surface area contributed by atoms with Crippen molar-refractivity contribution >= 4 is 47.0 Å². The van der Waals surface area contributed by atoms with E-state index in [4.69, 9.17) is 0 Å². The number of aliphatic imine (C=N–C) groups is 1. The topological polar surface area (TPSA) is 52.6 Å². The number of hydrogen-bond donors (Lipinski definition) is 2. The van der Waals surface area contributed by atoms with Crippen LogP contribution in [-0.4, -0.2) is 37.1 Å². The first-order valence-electron chi connectivity index (χ1n) is 8.95. The Morgan fingerprint density at radius 3 is 2.58 bits per heavy atom. The molecule has 0 atom stereocenters.